The largest absolute Gasteiger partial charge is 0.325 e. The fourth-order valence-corrected chi connectivity index (χ4v) is 15.9. The molecule has 0 bridgehead atoms. The molecule has 0 spiro atoms. The number of halogens is 2. The van der Waals surface area contributed by atoms with Gasteiger partial charge in [-0.15, -0.1) is 23.2 Å². The molecule has 0 amide bonds. The topological polar surface area (TPSA) is 6.48 Å². The first-order valence-electron chi connectivity index (χ1n) is 19.3. The van der Waals surface area contributed by atoms with Crippen molar-refractivity contribution in [2.45, 2.75) is 154 Å². The molecule has 2 nitrogen and oxygen atoms in total. The molecule has 0 N–H and O–H groups in total. The summed E-state index contributed by atoms with van der Waals surface area (Å²) in [7, 11) is -0.460. The van der Waals surface area contributed by atoms with Gasteiger partial charge in [0.15, 0.2) is 0 Å². The molecule has 5 heteroatoms. The molecule has 0 aromatic heterocycles. The molecule has 3 saturated carbocycles. The van der Waals surface area contributed by atoms with Gasteiger partial charge in [0.05, 0.1) is 9.99 Å². The van der Waals surface area contributed by atoms with Gasteiger partial charge in [-0.3, -0.25) is 0 Å². The van der Waals surface area contributed by atoms with E-state index in [1.54, 1.807) is 0 Å². The maximum atomic E-state index is 8.55. The van der Waals surface area contributed by atoms with Crippen molar-refractivity contribution in [2.24, 2.45) is 0 Å². The van der Waals surface area contributed by atoms with E-state index in [2.05, 4.69) is 102 Å². The van der Waals surface area contributed by atoms with E-state index in [9.17, 15) is 0 Å². The lowest BCUT2D eigenvalue weighted by atomic mass is 9.86. The van der Waals surface area contributed by atoms with E-state index in [1.165, 1.54) is 132 Å². The van der Waals surface area contributed by atoms with Gasteiger partial charge in [0.1, 0.15) is 5.82 Å². The maximum Gasteiger partial charge on any atom is 0.118 e. The van der Waals surface area contributed by atoms with Crippen LogP contribution in [-0.4, -0.2) is 34.4 Å². The Morgan fingerprint density at radius 1 is 0.694 bits per heavy atom. The maximum absolute atomic E-state index is 8.55. The first-order chi connectivity index (χ1) is 23.4. The summed E-state index contributed by atoms with van der Waals surface area (Å²) in [5, 5.41) is -0.103. The number of rotatable bonds is 6. The fraction of sp³-hybridized carbons (Fsp3) is 0.591. The van der Waals surface area contributed by atoms with Crippen LogP contribution in [0.1, 0.15) is 124 Å². The standard InChI is InChI=1S/C44H61Cl2N2P/c1-29(2)19-20-38-40(39(45)21-22-44(38,46)49(36-15-11-9-12-16-36)37-17-13-10-14-18-37)43-47(41-32(5)25-30(3)26-33(41)6)23-24-48(43)42-34(7)27-31(4)28-35(42)8/h19-20,25-28,36-37,39H,9-18,21-24H2,1-8H3. The summed E-state index contributed by atoms with van der Waals surface area (Å²) in [6.45, 7) is 19.9. The van der Waals surface area contributed by atoms with Crippen molar-refractivity contribution in [3.63, 3.8) is 0 Å². The number of hydrogen-bond acceptors (Lipinski definition) is 2. The van der Waals surface area contributed by atoms with E-state index in [4.69, 9.17) is 23.2 Å². The summed E-state index contributed by atoms with van der Waals surface area (Å²) in [5.41, 5.74) is 16.0. The first kappa shape index (κ1) is 37.0. The highest BCUT2D eigenvalue weighted by Gasteiger charge is 2.53. The minimum Gasteiger partial charge on any atom is -0.325 e. The van der Waals surface area contributed by atoms with Crippen LogP contribution in [0.5, 0.6) is 0 Å². The zero-order valence-electron chi connectivity index (χ0n) is 31.7. The van der Waals surface area contributed by atoms with E-state index in [-0.39, 0.29) is 9.99 Å². The highest BCUT2D eigenvalue weighted by Crippen LogP contribution is 2.71. The van der Waals surface area contributed by atoms with Crippen molar-refractivity contribution in [1.29, 1.82) is 0 Å². The van der Waals surface area contributed by atoms with E-state index in [0.717, 1.165) is 37.2 Å². The number of aryl methyl sites for hydroxylation is 6. The Morgan fingerprint density at radius 3 is 1.53 bits per heavy atom. The molecule has 1 aliphatic heterocycles. The summed E-state index contributed by atoms with van der Waals surface area (Å²) in [4.78, 5) is 5.27. The van der Waals surface area contributed by atoms with Crippen LogP contribution in [-0.2, 0) is 0 Å². The summed E-state index contributed by atoms with van der Waals surface area (Å²) >= 11 is 16.3. The number of allylic oxidation sites excluding steroid dienone is 5. The van der Waals surface area contributed by atoms with Crippen LogP contribution >= 0.6 is 31.1 Å². The average Bonchev–Trinajstić information content (AvgIpc) is 3.44. The number of hydrogen-bond donors (Lipinski definition) is 0. The van der Waals surface area contributed by atoms with Crippen molar-refractivity contribution < 1.29 is 0 Å². The van der Waals surface area contributed by atoms with E-state index in [1.807, 2.05) is 0 Å². The summed E-state index contributed by atoms with van der Waals surface area (Å²) in [5.74, 6) is 1.27. The van der Waals surface area contributed by atoms with Gasteiger partial charge >= 0.3 is 0 Å². The summed E-state index contributed by atoms with van der Waals surface area (Å²) in [6.07, 6.45) is 20.3. The third-order valence-corrected chi connectivity index (χ3v) is 17.1. The molecular formula is C44H61Cl2N2P. The highest BCUT2D eigenvalue weighted by molar-refractivity contribution is 7.63. The predicted molar refractivity (Wildman–Crippen MR) is 219 cm³/mol. The molecule has 2 atom stereocenters. The van der Waals surface area contributed by atoms with Crippen LogP contribution in [0.4, 0.5) is 11.4 Å². The second kappa shape index (κ2) is 15.5. The van der Waals surface area contributed by atoms with E-state index < -0.39 is 7.92 Å². The Bertz CT molecular complexity index is 1490. The first-order valence-corrected chi connectivity index (χ1v) is 21.6. The molecule has 266 valence electrons. The predicted octanol–water partition coefficient (Wildman–Crippen LogP) is 13.5. The molecule has 2 aromatic rings. The Balaban J connectivity index is 1.64. The molecule has 49 heavy (non-hydrogen) atoms. The number of nitrogens with zero attached hydrogens (tertiary/aromatic N) is 2. The normalized spacial score (nSPS) is 25.2. The number of benzene rings is 2. The Morgan fingerprint density at radius 2 is 1.12 bits per heavy atom. The van der Waals surface area contributed by atoms with Crippen LogP contribution in [0.3, 0.4) is 0 Å². The molecule has 4 aliphatic rings. The Labute approximate surface area is 310 Å². The van der Waals surface area contributed by atoms with Crippen LogP contribution in [0.2, 0.25) is 0 Å². The van der Waals surface area contributed by atoms with Crippen LogP contribution < -0.4 is 9.80 Å². The lowest BCUT2D eigenvalue weighted by Crippen LogP contribution is -2.41. The molecular weight excluding hydrogens is 658 g/mol. The molecule has 4 fully saturated rings. The van der Waals surface area contributed by atoms with Gasteiger partial charge in [-0.25, -0.2) is 0 Å². The molecule has 6 rings (SSSR count). The second-order valence-corrected chi connectivity index (χ2v) is 20.6. The van der Waals surface area contributed by atoms with Crippen LogP contribution in [0.15, 0.2) is 59.0 Å². The zero-order valence-corrected chi connectivity index (χ0v) is 34.1. The molecule has 3 aliphatic carbocycles. The van der Waals surface area contributed by atoms with Gasteiger partial charge in [0.2, 0.25) is 0 Å². The van der Waals surface area contributed by atoms with Crippen molar-refractivity contribution in [3.8, 4) is 0 Å². The third kappa shape index (κ3) is 7.46. The average molecular weight is 720 g/mol. The monoisotopic (exact) mass is 718 g/mol. The SMILES string of the molecule is CC(C)=CC=C1C(=C2N(c3c(C)cc(C)cc3C)CCN2c2c(C)cc(C)cc2C)C(Cl)CCC1(Cl)P(C1CCCCC1)C1CCCCC1. The number of alkyl halides is 2. The van der Waals surface area contributed by atoms with Crippen LogP contribution in [0.25, 0.3) is 0 Å². The van der Waals surface area contributed by atoms with Gasteiger partial charge in [0, 0.05) is 30.0 Å². The smallest absolute Gasteiger partial charge is 0.118 e. The van der Waals surface area contributed by atoms with Crippen molar-refractivity contribution in [1.82, 2.24) is 0 Å². The molecule has 1 saturated heterocycles. The van der Waals surface area contributed by atoms with Gasteiger partial charge in [0.25, 0.3) is 0 Å². The summed E-state index contributed by atoms with van der Waals surface area (Å²) < 4.78 is -0.381. The van der Waals surface area contributed by atoms with Crippen molar-refractivity contribution in [2.75, 3.05) is 22.9 Å². The molecule has 1 heterocycles. The van der Waals surface area contributed by atoms with E-state index in [0.29, 0.717) is 0 Å². The Hall–Kier alpha value is -1.73. The zero-order chi connectivity index (χ0) is 35.0. The number of anilines is 2. The van der Waals surface area contributed by atoms with Crippen molar-refractivity contribution >= 4 is 42.5 Å². The molecule has 0 radical (unpaired) electrons. The van der Waals surface area contributed by atoms with Gasteiger partial charge in [-0.05, 0) is 133 Å². The minimum absolute atomic E-state index is 0.103. The van der Waals surface area contributed by atoms with Gasteiger partial charge in [-0.2, -0.15) is 0 Å². The van der Waals surface area contributed by atoms with E-state index >= 15 is 0 Å². The molecule has 2 aromatic carbocycles. The van der Waals surface area contributed by atoms with Gasteiger partial charge in [-0.1, -0.05) is 99.6 Å². The second-order valence-electron chi connectivity index (χ2n) is 16.1. The van der Waals surface area contributed by atoms with Crippen LogP contribution in [0, 0.1) is 41.5 Å². The molecule has 2 unspecified atom stereocenters. The lowest BCUT2D eigenvalue weighted by Gasteiger charge is -2.52. The Kier molecular flexibility index (Phi) is 11.7. The minimum atomic E-state index is -0.460. The lowest BCUT2D eigenvalue weighted by molar-refractivity contribution is 0.476. The quantitative estimate of drug-likeness (QED) is 0.217. The van der Waals surface area contributed by atoms with Crippen molar-refractivity contribution in [3.05, 3.63) is 92.3 Å². The van der Waals surface area contributed by atoms with Gasteiger partial charge < -0.3 is 9.80 Å². The summed E-state index contributed by atoms with van der Waals surface area (Å²) in [6, 6.07) is 9.41. The fourth-order valence-electron chi connectivity index (χ4n) is 10.0. The third-order valence-electron chi connectivity index (χ3n) is 11.8. The highest BCUT2D eigenvalue weighted by atomic mass is 35.5.